The zero-order valence-electron chi connectivity index (χ0n) is 10.8. The monoisotopic (exact) mass is 263 g/mol. The largest absolute Gasteiger partial charge is 0.307 e. The van der Waals surface area contributed by atoms with E-state index in [4.69, 9.17) is 0 Å². The summed E-state index contributed by atoms with van der Waals surface area (Å²) in [5.74, 6) is 0.162. The minimum atomic E-state index is 0.140. The van der Waals surface area contributed by atoms with E-state index in [9.17, 15) is 4.79 Å². The standard InChI is InChI=1S/C16H13N3O/c20-16-11-14(12-4-2-1-3-5-12)19(16)13-6-8-18-9-7-17-15(18)10-13/h1-10,14H,11H2/t14-/m1/s1. The van der Waals surface area contributed by atoms with Gasteiger partial charge in [-0.15, -0.1) is 0 Å². The summed E-state index contributed by atoms with van der Waals surface area (Å²) >= 11 is 0. The zero-order chi connectivity index (χ0) is 13.5. The number of pyridine rings is 1. The van der Waals surface area contributed by atoms with Crippen LogP contribution in [0.3, 0.4) is 0 Å². The van der Waals surface area contributed by atoms with Gasteiger partial charge in [0, 0.05) is 30.3 Å². The highest BCUT2D eigenvalue weighted by Crippen LogP contribution is 2.38. The second-order valence-corrected chi connectivity index (χ2v) is 4.97. The smallest absolute Gasteiger partial charge is 0.230 e. The number of amides is 1. The molecule has 2 aromatic heterocycles. The van der Waals surface area contributed by atoms with Gasteiger partial charge in [0.15, 0.2) is 0 Å². The van der Waals surface area contributed by atoms with Crippen molar-refractivity contribution >= 4 is 17.2 Å². The van der Waals surface area contributed by atoms with Crippen molar-refractivity contribution in [2.45, 2.75) is 12.5 Å². The fraction of sp³-hybridized carbons (Fsp3) is 0.125. The average molecular weight is 263 g/mol. The highest BCUT2D eigenvalue weighted by molar-refractivity contribution is 6.01. The summed E-state index contributed by atoms with van der Waals surface area (Å²) in [5, 5.41) is 0. The third-order valence-corrected chi connectivity index (χ3v) is 3.79. The molecule has 0 bridgehead atoms. The van der Waals surface area contributed by atoms with Crippen molar-refractivity contribution in [2.24, 2.45) is 0 Å². The molecule has 0 unspecified atom stereocenters. The number of hydrogen-bond donors (Lipinski definition) is 0. The van der Waals surface area contributed by atoms with E-state index in [1.807, 2.05) is 52.0 Å². The molecule has 1 aliphatic heterocycles. The molecule has 98 valence electrons. The average Bonchev–Trinajstić information content (AvgIpc) is 2.93. The predicted molar refractivity (Wildman–Crippen MR) is 76.5 cm³/mol. The summed E-state index contributed by atoms with van der Waals surface area (Å²) in [6, 6.07) is 14.2. The summed E-state index contributed by atoms with van der Waals surface area (Å²) in [7, 11) is 0. The van der Waals surface area contributed by atoms with E-state index < -0.39 is 0 Å². The molecule has 1 fully saturated rings. The third kappa shape index (κ3) is 1.61. The number of aromatic nitrogens is 2. The number of hydrogen-bond acceptors (Lipinski definition) is 2. The van der Waals surface area contributed by atoms with Crippen LogP contribution in [-0.2, 0) is 4.79 Å². The van der Waals surface area contributed by atoms with Gasteiger partial charge in [-0.2, -0.15) is 0 Å². The number of carbonyl (C=O) groups excluding carboxylic acids is 1. The van der Waals surface area contributed by atoms with Crippen LogP contribution < -0.4 is 4.90 Å². The zero-order valence-corrected chi connectivity index (χ0v) is 10.8. The lowest BCUT2D eigenvalue weighted by Gasteiger charge is -2.40. The Hall–Kier alpha value is -2.62. The van der Waals surface area contributed by atoms with E-state index in [1.54, 1.807) is 6.20 Å². The molecule has 3 heterocycles. The topological polar surface area (TPSA) is 37.6 Å². The molecule has 0 saturated carbocycles. The van der Waals surface area contributed by atoms with Gasteiger partial charge in [-0.25, -0.2) is 4.98 Å². The number of carbonyl (C=O) groups is 1. The highest BCUT2D eigenvalue weighted by atomic mass is 16.2. The fourth-order valence-electron chi connectivity index (χ4n) is 2.73. The van der Waals surface area contributed by atoms with E-state index >= 15 is 0 Å². The minimum absolute atomic E-state index is 0.140. The van der Waals surface area contributed by atoms with Crippen LogP contribution >= 0.6 is 0 Å². The maximum absolute atomic E-state index is 12.0. The van der Waals surface area contributed by atoms with Crippen LogP contribution in [0, 0.1) is 0 Å². The molecule has 20 heavy (non-hydrogen) atoms. The van der Waals surface area contributed by atoms with Crippen LogP contribution in [-0.4, -0.2) is 15.3 Å². The lowest BCUT2D eigenvalue weighted by atomic mass is 9.93. The molecule has 1 saturated heterocycles. The van der Waals surface area contributed by atoms with E-state index in [2.05, 4.69) is 17.1 Å². The van der Waals surface area contributed by atoms with Crippen molar-refractivity contribution in [1.82, 2.24) is 9.38 Å². The van der Waals surface area contributed by atoms with Gasteiger partial charge in [-0.1, -0.05) is 30.3 Å². The number of β-lactam (4-membered cyclic amide) rings is 1. The molecule has 1 aromatic carbocycles. The molecule has 4 nitrogen and oxygen atoms in total. The summed E-state index contributed by atoms with van der Waals surface area (Å²) in [6.45, 7) is 0. The van der Waals surface area contributed by atoms with Crippen LogP contribution in [0.5, 0.6) is 0 Å². The SMILES string of the molecule is O=C1C[C@H](c2ccccc2)N1c1ccn2ccnc2c1. The van der Waals surface area contributed by atoms with Crippen molar-refractivity contribution in [3.8, 4) is 0 Å². The Morgan fingerprint density at radius 2 is 1.95 bits per heavy atom. The van der Waals surface area contributed by atoms with Crippen LogP contribution in [0.1, 0.15) is 18.0 Å². The van der Waals surface area contributed by atoms with Crippen LogP contribution in [0.15, 0.2) is 61.1 Å². The van der Waals surface area contributed by atoms with Crippen molar-refractivity contribution in [1.29, 1.82) is 0 Å². The molecule has 4 heteroatoms. The number of imidazole rings is 1. The fourth-order valence-corrected chi connectivity index (χ4v) is 2.73. The highest BCUT2D eigenvalue weighted by Gasteiger charge is 2.38. The summed E-state index contributed by atoms with van der Waals surface area (Å²) < 4.78 is 1.94. The van der Waals surface area contributed by atoms with Crippen molar-refractivity contribution < 1.29 is 4.79 Å². The lowest BCUT2D eigenvalue weighted by molar-refractivity contribution is -0.124. The molecule has 0 N–H and O–H groups in total. The second kappa shape index (κ2) is 4.20. The first-order valence-electron chi connectivity index (χ1n) is 6.63. The number of nitrogens with zero attached hydrogens (tertiary/aromatic N) is 3. The predicted octanol–water partition coefficient (Wildman–Crippen LogP) is 2.81. The van der Waals surface area contributed by atoms with Gasteiger partial charge < -0.3 is 9.30 Å². The summed E-state index contributed by atoms with van der Waals surface area (Å²) in [6.07, 6.45) is 6.16. The number of benzene rings is 1. The molecule has 0 radical (unpaired) electrons. The molecule has 0 spiro atoms. The molecule has 1 atom stereocenters. The first-order valence-corrected chi connectivity index (χ1v) is 6.63. The second-order valence-electron chi connectivity index (χ2n) is 4.97. The first-order chi connectivity index (χ1) is 9.83. The molecule has 0 aliphatic carbocycles. The van der Waals surface area contributed by atoms with E-state index in [0.717, 1.165) is 11.3 Å². The van der Waals surface area contributed by atoms with E-state index in [0.29, 0.717) is 6.42 Å². The lowest BCUT2D eigenvalue weighted by Crippen LogP contribution is -2.46. The normalized spacial score (nSPS) is 18.3. The van der Waals surface area contributed by atoms with E-state index in [-0.39, 0.29) is 11.9 Å². The molecule has 3 aromatic rings. The molecular weight excluding hydrogens is 250 g/mol. The van der Waals surface area contributed by atoms with Crippen molar-refractivity contribution in [3.05, 3.63) is 66.6 Å². The Morgan fingerprint density at radius 3 is 2.75 bits per heavy atom. The Morgan fingerprint density at radius 1 is 1.10 bits per heavy atom. The molecule has 1 amide bonds. The van der Waals surface area contributed by atoms with Gasteiger partial charge >= 0.3 is 0 Å². The van der Waals surface area contributed by atoms with Gasteiger partial charge in [0.1, 0.15) is 5.65 Å². The Balaban J connectivity index is 1.74. The van der Waals surface area contributed by atoms with E-state index in [1.165, 1.54) is 5.56 Å². The molecule has 4 rings (SSSR count). The van der Waals surface area contributed by atoms with Crippen LogP contribution in [0.25, 0.3) is 5.65 Å². The van der Waals surface area contributed by atoms with Gasteiger partial charge in [0.25, 0.3) is 0 Å². The minimum Gasteiger partial charge on any atom is -0.307 e. The number of anilines is 1. The van der Waals surface area contributed by atoms with Gasteiger partial charge in [-0.05, 0) is 11.6 Å². The van der Waals surface area contributed by atoms with Crippen LogP contribution in [0.4, 0.5) is 5.69 Å². The number of rotatable bonds is 2. The number of fused-ring (bicyclic) bond motifs is 1. The molecule has 1 aliphatic rings. The van der Waals surface area contributed by atoms with Gasteiger partial charge in [0.2, 0.25) is 5.91 Å². The summed E-state index contributed by atoms with van der Waals surface area (Å²) in [5.41, 5.74) is 2.94. The van der Waals surface area contributed by atoms with Crippen molar-refractivity contribution in [2.75, 3.05) is 4.90 Å². The Bertz CT molecular complexity index is 779. The first kappa shape index (κ1) is 11.2. The quantitative estimate of drug-likeness (QED) is 0.667. The van der Waals surface area contributed by atoms with Gasteiger partial charge in [-0.3, -0.25) is 4.79 Å². The van der Waals surface area contributed by atoms with Crippen molar-refractivity contribution in [3.63, 3.8) is 0 Å². The Labute approximate surface area is 116 Å². The van der Waals surface area contributed by atoms with Gasteiger partial charge in [0.05, 0.1) is 12.5 Å². The summed E-state index contributed by atoms with van der Waals surface area (Å²) in [4.78, 5) is 18.1. The third-order valence-electron chi connectivity index (χ3n) is 3.79. The maximum Gasteiger partial charge on any atom is 0.230 e. The molecular formula is C16H13N3O. The maximum atomic E-state index is 12.0. The Kier molecular flexibility index (Phi) is 2.36. The van der Waals surface area contributed by atoms with Crippen LogP contribution in [0.2, 0.25) is 0 Å².